The molecule has 3 rings (SSSR count). The van der Waals surface area contributed by atoms with E-state index in [2.05, 4.69) is 21.3 Å². The Morgan fingerprint density at radius 3 is 2.09 bits per heavy atom. The lowest BCUT2D eigenvalue weighted by Gasteiger charge is -2.07. The third-order valence-electron chi connectivity index (χ3n) is 5.04. The quantitative estimate of drug-likeness (QED) is 0.147. The molecule has 0 unspecified atom stereocenters. The average Bonchev–Trinajstić information content (AvgIpc) is 3.35. The van der Waals surface area contributed by atoms with Crippen molar-refractivity contribution in [2.75, 3.05) is 22.5 Å². The lowest BCUT2D eigenvalue weighted by Crippen LogP contribution is -2.28. The highest BCUT2D eigenvalue weighted by atomic mass is 16.2. The molecule has 0 saturated carbocycles. The Morgan fingerprint density at radius 2 is 1.46 bits per heavy atom. The molecule has 12 heteroatoms. The third kappa shape index (κ3) is 6.35. The molecule has 182 valence electrons. The Morgan fingerprint density at radius 1 is 0.886 bits per heavy atom. The summed E-state index contributed by atoms with van der Waals surface area (Å²) in [6.07, 6.45) is 4.00. The van der Waals surface area contributed by atoms with Crippen molar-refractivity contribution in [3.05, 3.63) is 65.7 Å². The molecule has 0 aliphatic carbocycles. The first-order chi connectivity index (χ1) is 16.7. The fourth-order valence-electron chi connectivity index (χ4n) is 3.30. The average molecular weight is 479 g/mol. The van der Waals surface area contributed by atoms with Crippen molar-refractivity contribution in [1.82, 2.24) is 14.5 Å². The van der Waals surface area contributed by atoms with Crippen molar-refractivity contribution in [3.63, 3.8) is 0 Å². The number of amidine groups is 1. The highest BCUT2D eigenvalue weighted by Crippen LogP contribution is 2.17. The highest BCUT2D eigenvalue weighted by molar-refractivity contribution is 6.06. The predicted octanol–water partition coefficient (Wildman–Crippen LogP) is 1.49. The molecule has 0 spiro atoms. The van der Waals surface area contributed by atoms with Crippen LogP contribution < -0.4 is 27.0 Å². The lowest BCUT2D eigenvalue weighted by molar-refractivity contribution is -0.105. The maximum absolute atomic E-state index is 12.6. The number of hydrogen-bond acceptors (Lipinski definition) is 5. The number of anilines is 3. The van der Waals surface area contributed by atoms with Crippen LogP contribution in [0.25, 0.3) is 0 Å². The van der Waals surface area contributed by atoms with E-state index in [9.17, 15) is 19.2 Å². The summed E-state index contributed by atoms with van der Waals surface area (Å²) < 4.78 is 3.16. The van der Waals surface area contributed by atoms with Crippen molar-refractivity contribution in [2.24, 2.45) is 19.8 Å². The minimum atomic E-state index is -0.385. The number of carbonyl (C=O) groups excluding carboxylic acids is 4. The second-order valence-electron chi connectivity index (χ2n) is 7.73. The van der Waals surface area contributed by atoms with Crippen molar-refractivity contribution in [3.8, 4) is 0 Å². The van der Waals surface area contributed by atoms with Crippen LogP contribution in [0.2, 0.25) is 0 Å². The Balaban J connectivity index is 1.60. The molecule has 0 fully saturated rings. The molecule has 35 heavy (non-hydrogen) atoms. The van der Waals surface area contributed by atoms with Gasteiger partial charge in [-0.3, -0.25) is 24.6 Å². The summed E-state index contributed by atoms with van der Waals surface area (Å²) in [5.74, 6) is -1.12. The fraction of sp³-hybridized carbons (Fsp3) is 0.174. The Labute approximate surface area is 201 Å². The molecule has 0 atom stereocenters. The second-order valence-corrected chi connectivity index (χ2v) is 7.73. The molecule has 0 aliphatic heterocycles. The number of benzene rings is 1. The fourth-order valence-corrected chi connectivity index (χ4v) is 3.30. The number of rotatable bonds is 10. The van der Waals surface area contributed by atoms with Gasteiger partial charge in [0.2, 0.25) is 6.41 Å². The lowest BCUT2D eigenvalue weighted by atomic mass is 10.2. The van der Waals surface area contributed by atoms with Crippen LogP contribution in [0.1, 0.15) is 37.8 Å². The van der Waals surface area contributed by atoms with E-state index in [0.717, 1.165) is 0 Å². The minimum absolute atomic E-state index is 0.0169. The molecule has 1 aromatic carbocycles. The van der Waals surface area contributed by atoms with Crippen LogP contribution in [-0.4, -0.2) is 45.6 Å². The number of aryl methyl sites for hydroxylation is 2. The molecule has 0 saturated heterocycles. The van der Waals surface area contributed by atoms with Gasteiger partial charge in [0.1, 0.15) is 11.4 Å². The van der Waals surface area contributed by atoms with Gasteiger partial charge < -0.3 is 36.1 Å². The van der Waals surface area contributed by atoms with Crippen molar-refractivity contribution in [2.45, 2.75) is 6.42 Å². The van der Waals surface area contributed by atoms with E-state index >= 15 is 0 Å². The minimum Gasteiger partial charge on any atom is -0.388 e. The first kappa shape index (κ1) is 24.8. The van der Waals surface area contributed by atoms with Gasteiger partial charge in [-0.05, 0) is 36.4 Å². The van der Waals surface area contributed by atoms with Crippen molar-refractivity contribution in [1.29, 1.82) is 5.41 Å². The summed E-state index contributed by atoms with van der Waals surface area (Å²) >= 11 is 0. The molecular formula is C23H26N8O4. The number of aromatic nitrogens is 2. The summed E-state index contributed by atoms with van der Waals surface area (Å²) in [6, 6.07) is 9.41. The molecule has 2 aromatic heterocycles. The van der Waals surface area contributed by atoms with Gasteiger partial charge in [-0.1, -0.05) is 0 Å². The molecule has 2 heterocycles. The number of nitrogens with one attached hydrogen (secondary N) is 5. The maximum atomic E-state index is 12.6. The van der Waals surface area contributed by atoms with Gasteiger partial charge >= 0.3 is 0 Å². The Kier molecular flexibility index (Phi) is 7.66. The number of nitrogens with zero attached hydrogens (tertiary/aromatic N) is 2. The van der Waals surface area contributed by atoms with Gasteiger partial charge in [-0.2, -0.15) is 0 Å². The summed E-state index contributed by atoms with van der Waals surface area (Å²) in [4.78, 5) is 48.0. The van der Waals surface area contributed by atoms with Gasteiger partial charge in [0.15, 0.2) is 0 Å². The topological polar surface area (TPSA) is 176 Å². The first-order valence-electron chi connectivity index (χ1n) is 10.5. The van der Waals surface area contributed by atoms with E-state index < -0.39 is 0 Å². The molecule has 4 amide bonds. The Hall–Kier alpha value is -4.87. The number of nitrogens with two attached hydrogens (primary N) is 1. The van der Waals surface area contributed by atoms with Crippen LogP contribution in [0, 0.1) is 5.41 Å². The van der Waals surface area contributed by atoms with E-state index in [-0.39, 0.29) is 36.5 Å². The molecule has 7 N–H and O–H groups in total. The van der Waals surface area contributed by atoms with Gasteiger partial charge in [-0.15, -0.1) is 0 Å². The van der Waals surface area contributed by atoms with Crippen LogP contribution in [-0.2, 0) is 18.9 Å². The first-order valence-corrected chi connectivity index (χ1v) is 10.5. The van der Waals surface area contributed by atoms with E-state index in [4.69, 9.17) is 11.1 Å². The number of amides is 4. The molecule has 0 bridgehead atoms. The molecule has 0 radical (unpaired) electrons. The normalized spacial score (nSPS) is 10.3. The third-order valence-corrected chi connectivity index (χ3v) is 5.04. The predicted molar refractivity (Wildman–Crippen MR) is 132 cm³/mol. The van der Waals surface area contributed by atoms with Gasteiger partial charge in [-0.25, -0.2) is 0 Å². The molecular weight excluding hydrogens is 452 g/mol. The van der Waals surface area contributed by atoms with E-state index in [1.54, 1.807) is 72.0 Å². The van der Waals surface area contributed by atoms with Crippen LogP contribution in [0.3, 0.4) is 0 Å². The summed E-state index contributed by atoms with van der Waals surface area (Å²) in [7, 11) is 3.36. The van der Waals surface area contributed by atoms with E-state index in [0.29, 0.717) is 40.4 Å². The summed E-state index contributed by atoms with van der Waals surface area (Å²) in [5, 5.41) is 17.8. The zero-order chi connectivity index (χ0) is 25.5. The van der Waals surface area contributed by atoms with Crippen LogP contribution in [0.4, 0.5) is 17.1 Å². The zero-order valence-electron chi connectivity index (χ0n) is 19.2. The Bertz CT molecular complexity index is 1270. The van der Waals surface area contributed by atoms with Crippen LogP contribution >= 0.6 is 0 Å². The van der Waals surface area contributed by atoms with E-state index in [1.807, 2.05) is 0 Å². The summed E-state index contributed by atoms with van der Waals surface area (Å²) in [6.45, 7) is 0.241. The van der Waals surface area contributed by atoms with Crippen LogP contribution in [0.5, 0.6) is 0 Å². The second kappa shape index (κ2) is 10.8. The summed E-state index contributed by atoms with van der Waals surface area (Å²) in [5.41, 5.74) is 7.76. The SMILES string of the molecule is Cn1cc(NC(=O)c2ccc(NC(=O)c3cc(NC=O)cn3C)cc2)cc1C(=O)NCCC(=N)N. The standard InChI is InChI=1S/C23H26N8O4/c1-30-11-16(27-13-32)9-19(30)23(35)28-15-5-3-14(4-6-15)21(33)29-17-10-18(31(2)12-17)22(34)26-8-7-20(24)25/h3-6,9-13H,7-8H2,1-2H3,(H3,24,25)(H,26,34)(H,27,32)(H,28,35)(H,29,33). The molecule has 12 nitrogen and oxygen atoms in total. The monoisotopic (exact) mass is 478 g/mol. The zero-order valence-corrected chi connectivity index (χ0v) is 19.2. The molecule has 0 aliphatic rings. The van der Waals surface area contributed by atoms with Gasteiger partial charge in [0.05, 0.1) is 17.2 Å². The molecule has 3 aromatic rings. The number of hydrogen-bond donors (Lipinski definition) is 6. The van der Waals surface area contributed by atoms with Crippen molar-refractivity contribution >= 4 is 47.0 Å². The van der Waals surface area contributed by atoms with Crippen LogP contribution in [0.15, 0.2) is 48.8 Å². The van der Waals surface area contributed by atoms with Gasteiger partial charge in [0.25, 0.3) is 17.7 Å². The van der Waals surface area contributed by atoms with Gasteiger partial charge in [0, 0.05) is 50.7 Å². The van der Waals surface area contributed by atoms with E-state index in [1.165, 1.54) is 0 Å². The smallest absolute Gasteiger partial charge is 0.272 e. The number of carbonyl (C=O) groups is 4. The largest absolute Gasteiger partial charge is 0.388 e. The van der Waals surface area contributed by atoms with Crippen molar-refractivity contribution < 1.29 is 19.2 Å². The highest BCUT2D eigenvalue weighted by Gasteiger charge is 2.15. The maximum Gasteiger partial charge on any atom is 0.272 e.